The van der Waals surface area contributed by atoms with Gasteiger partial charge < -0.3 is 9.64 Å². The number of amides is 1. The zero-order valence-electron chi connectivity index (χ0n) is 14.6. The van der Waals surface area contributed by atoms with Gasteiger partial charge >= 0.3 is 0 Å². The van der Waals surface area contributed by atoms with Crippen LogP contribution in [-0.2, 0) is 9.59 Å². The van der Waals surface area contributed by atoms with Gasteiger partial charge in [-0.15, -0.1) is 0 Å². The standard InChI is InChI=1S/C21H23NO3/c1-3-19(23)15-16-22(18-10-12-20(25-2)13-11-18)21(24)14-9-17-7-5-4-6-8-17/h4-14H,3,15-16H2,1-2H3/b14-9+. The van der Waals surface area contributed by atoms with Crippen LogP contribution in [-0.4, -0.2) is 25.3 Å². The number of anilines is 1. The maximum atomic E-state index is 12.7. The van der Waals surface area contributed by atoms with Gasteiger partial charge in [0.2, 0.25) is 0 Å². The molecule has 1 amide bonds. The Kier molecular flexibility index (Phi) is 6.96. The number of rotatable bonds is 8. The molecule has 0 fully saturated rings. The number of carbonyl (C=O) groups excluding carboxylic acids is 2. The second-order valence-corrected chi connectivity index (χ2v) is 5.57. The molecule has 4 nitrogen and oxygen atoms in total. The number of nitrogens with zero attached hydrogens (tertiary/aromatic N) is 1. The van der Waals surface area contributed by atoms with E-state index in [-0.39, 0.29) is 11.7 Å². The van der Waals surface area contributed by atoms with Crippen molar-refractivity contribution >= 4 is 23.5 Å². The van der Waals surface area contributed by atoms with Gasteiger partial charge in [-0.05, 0) is 35.9 Å². The van der Waals surface area contributed by atoms with E-state index in [9.17, 15) is 9.59 Å². The number of carbonyl (C=O) groups is 2. The second kappa shape index (κ2) is 9.42. The molecule has 0 N–H and O–H groups in total. The maximum Gasteiger partial charge on any atom is 0.251 e. The normalized spacial score (nSPS) is 10.6. The van der Waals surface area contributed by atoms with Gasteiger partial charge in [0.1, 0.15) is 11.5 Å². The number of Topliss-reactive ketones (excluding diaryl/α,β-unsaturated/α-hetero) is 1. The van der Waals surface area contributed by atoms with Gasteiger partial charge in [0, 0.05) is 31.1 Å². The highest BCUT2D eigenvalue weighted by Crippen LogP contribution is 2.20. The van der Waals surface area contributed by atoms with E-state index in [2.05, 4.69) is 0 Å². The lowest BCUT2D eigenvalue weighted by Gasteiger charge is -2.21. The quantitative estimate of drug-likeness (QED) is 0.681. The number of ketones is 1. The average molecular weight is 337 g/mol. The van der Waals surface area contributed by atoms with Gasteiger partial charge in [-0.3, -0.25) is 9.59 Å². The van der Waals surface area contributed by atoms with Crippen LogP contribution in [0.3, 0.4) is 0 Å². The van der Waals surface area contributed by atoms with Crippen molar-refractivity contribution in [2.24, 2.45) is 0 Å². The Balaban J connectivity index is 2.18. The van der Waals surface area contributed by atoms with Gasteiger partial charge in [-0.1, -0.05) is 37.3 Å². The SMILES string of the molecule is CCC(=O)CCN(C(=O)/C=C/c1ccccc1)c1ccc(OC)cc1. The number of hydrogen-bond donors (Lipinski definition) is 0. The van der Waals surface area contributed by atoms with Crippen molar-refractivity contribution in [3.05, 3.63) is 66.2 Å². The first-order valence-corrected chi connectivity index (χ1v) is 8.34. The van der Waals surface area contributed by atoms with Crippen molar-refractivity contribution in [2.75, 3.05) is 18.6 Å². The summed E-state index contributed by atoms with van der Waals surface area (Å²) in [7, 11) is 1.60. The van der Waals surface area contributed by atoms with Crippen LogP contribution >= 0.6 is 0 Å². The molecule has 0 saturated heterocycles. The molecule has 0 aromatic heterocycles. The molecule has 2 aromatic rings. The molecule has 0 aliphatic carbocycles. The van der Waals surface area contributed by atoms with Crippen LogP contribution in [0.5, 0.6) is 5.75 Å². The lowest BCUT2D eigenvalue weighted by molar-refractivity contribution is -0.118. The fraction of sp³-hybridized carbons (Fsp3) is 0.238. The number of benzene rings is 2. The minimum atomic E-state index is -0.155. The lowest BCUT2D eigenvalue weighted by Crippen LogP contribution is -2.31. The van der Waals surface area contributed by atoms with Gasteiger partial charge in [0.05, 0.1) is 7.11 Å². The molecule has 2 aromatic carbocycles. The summed E-state index contributed by atoms with van der Waals surface area (Å²) in [5, 5.41) is 0. The van der Waals surface area contributed by atoms with Gasteiger partial charge in [-0.2, -0.15) is 0 Å². The molecule has 0 unspecified atom stereocenters. The summed E-state index contributed by atoms with van der Waals surface area (Å²) in [6, 6.07) is 16.9. The third kappa shape index (κ3) is 5.60. The number of ether oxygens (including phenoxy) is 1. The Morgan fingerprint density at radius 3 is 2.32 bits per heavy atom. The molecule has 0 atom stereocenters. The van der Waals surface area contributed by atoms with E-state index in [1.54, 1.807) is 30.2 Å². The van der Waals surface area contributed by atoms with Crippen molar-refractivity contribution in [2.45, 2.75) is 19.8 Å². The van der Waals surface area contributed by atoms with E-state index in [1.165, 1.54) is 6.08 Å². The van der Waals surface area contributed by atoms with Gasteiger partial charge in [-0.25, -0.2) is 0 Å². The van der Waals surface area contributed by atoms with Crippen molar-refractivity contribution in [1.29, 1.82) is 0 Å². The second-order valence-electron chi connectivity index (χ2n) is 5.57. The predicted molar refractivity (Wildman–Crippen MR) is 101 cm³/mol. The molecule has 25 heavy (non-hydrogen) atoms. The lowest BCUT2D eigenvalue weighted by atomic mass is 10.2. The molecule has 0 bridgehead atoms. The Bertz CT molecular complexity index is 721. The van der Waals surface area contributed by atoms with Crippen LogP contribution in [0.2, 0.25) is 0 Å². The molecular formula is C21H23NO3. The summed E-state index contributed by atoms with van der Waals surface area (Å²) in [6.45, 7) is 2.19. The van der Waals surface area contributed by atoms with Crippen LogP contribution in [0.4, 0.5) is 5.69 Å². The number of hydrogen-bond acceptors (Lipinski definition) is 3. The molecule has 130 valence electrons. The molecule has 0 aliphatic rings. The van der Waals surface area contributed by atoms with E-state index in [4.69, 9.17) is 4.74 Å². The van der Waals surface area contributed by atoms with Crippen molar-refractivity contribution in [1.82, 2.24) is 0 Å². The average Bonchev–Trinajstić information content (AvgIpc) is 2.67. The van der Waals surface area contributed by atoms with E-state index < -0.39 is 0 Å². The summed E-state index contributed by atoms with van der Waals surface area (Å²) in [6.07, 6.45) is 4.13. The molecule has 0 radical (unpaired) electrons. The van der Waals surface area contributed by atoms with Crippen molar-refractivity contribution in [3.63, 3.8) is 0 Å². The minimum Gasteiger partial charge on any atom is -0.497 e. The van der Waals surface area contributed by atoms with Crippen molar-refractivity contribution in [3.8, 4) is 5.75 Å². The Hall–Kier alpha value is -2.88. The third-order valence-electron chi connectivity index (χ3n) is 3.88. The fourth-order valence-electron chi connectivity index (χ4n) is 2.36. The van der Waals surface area contributed by atoms with E-state index in [0.29, 0.717) is 19.4 Å². The topological polar surface area (TPSA) is 46.6 Å². The summed E-state index contributed by atoms with van der Waals surface area (Å²) >= 11 is 0. The smallest absolute Gasteiger partial charge is 0.251 e. The molecule has 2 rings (SSSR count). The Morgan fingerprint density at radius 1 is 1.04 bits per heavy atom. The Labute approximate surface area is 148 Å². The zero-order chi connectivity index (χ0) is 18.1. The number of methoxy groups -OCH3 is 1. The summed E-state index contributed by atoms with van der Waals surface area (Å²) in [4.78, 5) is 26.0. The maximum absolute atomic E-state index is 12.7. The molecule has 0 heterocycles. The Morgan fingerprint density at radius 2 is 1.72 bits per heavy atom. The molecular weight excluding hydrogens is 314 g/mol. The summed E-state index contributed by atoms with van der Waals surface area (Å²) in [5.41, 5.74) is 1.70. The largest absolute Gasteiger partial charge is 0.497 e. The van der Waals surface area contributed by atoms with E-state index in [1.807, 2.05) is 49.4 Å². The first-order valence-electron chi connectivity index (χ1n) is 8.34. The van der Waals surface area contributed by atoms with Crippen LogP contribution in [0.15, 0.2) is 60.7 Å². The fourth-order valence-corrected chi connectivity index (χ4v) is 2.36. The van der Waals surface area contributed by atoms with Gasteiger partial charge in [0.25, 0.3) is 5.91 Å². The van der Waals surface area contributed by atoms with Crippen LogP contribution in [0.25, 0.3) is 6.08 Å². The molecule has 0 saturated carbocycles. The van der Waals surface area contributed by atoms with Crippen LogP contribution in [0.1, 0.15) is 25.3 Å². The minimum absolute atomic E-state index is 0.137. The first-order chi connectivity index (χ1) is 12.1. The highest BCUT2D eigenvalue weighted by atomic mass is 16.5. The molecule has 4 heteroatoms. The highest BCUT2D eigenvalue weighted by molar-refractivity contribution is 6.04. The summed E-state index contributed by atoms with van der Waals surface area (Å²) < 4.78 is 5.16. The first kappa shape index (κ1) is 18.5. The third-order valence-corrected chi connectivity index (χ3v) is 3.88. The molecule has 0 spiro atoms. The van der Waals surface area contributed by atoms with Crippen molar-refractivity contribution < 1.29 is 14.3 Å². The summed E-state index contributed by atoms with van der Waals surface area (Å²) in [5.74, 6) is 0.705. The molecule has 0 aliphatic heterocycles. The monoisotopic (exact) mass is 337 g/mol. The predicted octanol–water partition coefficient (Wildman–Crippen LogP) is 4.11. The van der Waals surface area contributed by atoms with E-state index in [0.717, 1.165) is 17.0 Å². The zero-order valence-corrected chi connectivity index (χ0v) is 14.6. The highest BCUT2D eigenvalue weighted by Gasteiger charge is 2.14. The van der Waals surface area contributed by atoms with Crippen LogP contribution < -0.4 is 9.64 Å². The van der Waals surface area contributed by atoms with Gasteiger partial charge in [0.15, 0.2) is 0 Å². The van der Waals surface area contributed by atoms with E-state index >= 15 is 0 Å². The van der Waals surface area contributed by atoms with Crippen LogP contribution in [0, 0.1) is 0 Å².